The molecule has 7 nitrogen and oxygen atoms in total. The molecule has 0 saturated heterocycles. The number of halogens is 1. The van der Waals surface area contributed by atoms with Crippen molar-refractivity contribution in [3.63, 3.8) is 0 Å². The number of carbonyl (C=O) groups excluding carboxylic acids is 1. The number of nitrogens with one attached hydrogen (secondary N) is 1. The molecule has 25 heavy (non-hydrogen) atoms. The van der Waals surface area contributed by atoms with Crippen LogP contribution in [0.2, 0.25) is 0 Å². The Hall–Kier alpha value is -2.94. The number of carbonyl (C=O) groups is 1. The number of hydrogen-bond donors (Lipinski definition) is 1. The average Bonchev–Trinajstić information content (AvgIpc) is 3.09. The second-order valence-corrected chi connectivity index (χ2v) is 5.86. The minimum atomic E-state index is -0.344. The van der Waals surface area contributed by atoms with Crippen molar-refractivity contribution >= 4 is 23.4 Å². The third-order valence-electron chi connectivity index (χ3n) is 3.20. The first-order chi connectivity index (χ1) is 12.2. The fourth-order valence-electron chi connectivity index (χ4n) is 2.04. The highest BCUT2D eigenvalue weighted by atomic mass is 32.2. The Morgan fingerprint density at radius 1 is 1.28 bits per heavy atom. The summed E-state index contributed by atoms with van der Waals surface area (Å²) in [5, 5.41) is 14.6. The van der Waals surface area contributed by atoms with E-state index in [9.17, 15) is 9.18 Å². The summed E-state index contributed by atoms with van der Waals surface area (Å²) in [4.78, 5) is 12.1. The van der Waals surface area contributed by atoms with Crippen LogP contribution in [-0.4, -0.2) is 39.0 Å². The van der Waals surface area contributed by atoms with Crippen LogP contribution in [0.1, 0.15) is 0 Å². The van der Waals surface area contributed by atoms with Crippen molar-refractivity contribution in [2.24, 2.45) is 0 Å². The zero-order valence-corrected chi connectivity index (χ0v) is 14.0. The normalized spacial score (nSPS) is 10.5. The zero-order valence-electron chi connectivity index (χ0n) is 13.2. The standard InChI is InChI=1S/C16H14FN5O2S/c1-24-14-4-2-3-12(9-14)18-15(23)10-25-16-19-20-21-22(16)13-7-5-11(17)6-8-13/h2-9H,10H2,1H3,(H,18,23). The molecular formula is C16H14FN5O2S. The van der Waals surface area contributed by atoms with Gasteiger partial charge in [-0.2, -0.15) is 4.68 Å². The van der Waals surface area contributed by atoms with E-state index in [4.69, 9.17) is 4.74 Å². The van der Waals surface area contributed by atoms with Crippen LogP contribution in [0.5, 0.6) is 5.75 Å². The van der Waals surface area contributed by atoms with Crippen LogP contribution in [0.3, 0.4) is 0 Å². The Morgan fingerprint density at radius 3 is 2.84 bits per heavy atom. The fourth-order valence-corrected chi connectivity index (χ4v) is 2.73. The Kier molecular flexibility index (Phi) is 5.24. The van der Waals surface area contributed by atoms with Gasteiger partial charge in [0.25, 0.3) is 0 Å². The monoisotopic (exact) mass is 359 g/mol. The lowest BCUT2D eigenvalue weighted by atomic mass is 10.3. The van der Waals surface area contributed by atoms with Gasteiger partial charge < -0.3 is 10.1 Å². The topological polar surface area (TPSA) is 81.9 Å². The second-order valence-electron chi connectivity index (χ2n) is 4.92. The van der Waals surface area contributed by atoms with Gasteiger partial charge in [-0.15, -0.1) is 5.10 Å². The minimum absolute atomic E-state index is 0.124. The number of methoxy groups -OCH3 is 1. The smallest absolute Gasteiger partial charge is 0.234 e. The number of anilines is 1. The highest BCUT2D eigenvalue weighted by molar-refractivity contribution is 7.99. The molecule has 3 rings (SSSR count). The van der Waals surface area contributed by atoms with Crippen molar-refractivity contribution in [1.82, 2.24) is 20.2 Å². The molecule has 1 aromatic heterocycles. The summed E-state index contributed by atoms with van der Waals surface area (Å²) in [6, 6.07) is 12.8. The van der Waals surface area contributed by atoms with E-state index in [1.54, 1.807) is 43.5 Å². The third kappa shape index (κ3) is 4.32. The van der Waals surface area contributed by atoms with Crippen LogP contribution in [0.4, 0.5) is 10.1 Å². The van der Waals surface area contributed by atoms with E-state index in [-0.39, 0.29) is 17.5 Å². The van der Waals surface area contributed by atoms with Crippen molar-refractivity contribution in [2.75, 3.05) is 18.2 Å². The van der Waals surface area contributed by atoms with E-state index in [1.807, 2.05) is 0 Å². The maximum Gasteiger partial charge on any atom is 0.234 e. The van der Waals surface area contributed by atoms with E-state index < -0.39 is 0 Å². The summed E-state index contributed by atoms with van der Waals surface area (Å²) in [7, 11) is 1.56. The quantitative estimate of drug-likeness (QED) is 0.681. The molecule has 1 N–H and O–H groups in total. The maximum atomic E-state index is 13.0. The molecule has 0 spiro atoms. The van der Waals surface area contributed by atoms with Gasteiger partial charge in [0.2, 0.25) is 11.1 Å². The number of benzene rings is 2. The number of hydrogen-bond acceptors (Lipinski definition) is 6. The van der Waals surface area contributed by atoms with Gasteiger partial charge in [0.05, 0.1) is 18.6 Å². The van der Waals surface area contributed by atoms with Crippen molar-refractivity contribution in [1.29, 1.82) is 0 Å². The minimum Gasteiger partial charge on any atom is -0.497 e. The van der Waals surface area contributed by atoms with Crippen LogP contribution < -0.4 is 10.1 Å². The fraction of sp³-hybridized carbons (Fsp3) is 0.125. The molecule has 0 fully saturated rings. The molecule has 1 heterocycles. The second kappa shape index (κ2) is 7.75. The first kappa shape index (κ1) is 16.9. The average molecular weight is 359 g/mol. The molecule has 1 amide bonds. The van der Waals surface area contributed by atoms with Crippen LogP contribution in [0.15, 0.2) is 53.7 Å². The number of tetrazole rings is 1. The van der Waals surface area contributed by atoms with Gasteiger partial charge in [-0.05, 0) is 46.8 Å². The predicted octanol–water partition coefficient (Wildman–Crippen LogP) is 2.54. The van der Waals surface area contributed by atoms with Crippen molar-refractivity contribution in [3.8, 4) is 11.4 Å². The van der Waals surface area contributed by atoms with Gasteiger partial charge in [-0.25, -0.2) is 4.39 Å². The number of thioether (sulfide) groups is 1. The van der Waals surface area contributed by atoms with Crippen LogP contribution in [0.25, 0.3) is 5.69 Å². The molecule has 0 bridgehead atoms. The molecule has 0 radical (unpaired) electrons. The number of rotatable bonds is 6. The van der Waals surface area contributed by atoms with Crippen LogP contribution >= 0.6 is 11.8 Å². The summed E-state index contributed by atoms with van der Waals surface area (Å²) in [6.07, 6.45) is 0. The molecule has 128 valence electrons. The van der Waals surface area contributed by atoms with Gasteiger partial charge in [-0.1, -0.05) is 17.8 Å². The predicted molar refractivity (Wildman–Crippen MR) is 91.5 cm³/mol. The van der Waals surface area contributed by atoms with Gasteiger partial charge >= 0.3 is 0 Å². The summed E-state index contributed by atoms with van der Waals surface area (Å²) in [5.74, 6) is 0.236. The van der Waals surface area contributed by atoms with Gasteiger partial charge in [0, 0.05) is 11.8 Å². The Balaban J connectivity index is 1.63. The number of aromatic nitrogens is 4. The molecule has 0 aliphatic heterocycles. The lowest BCUT2D eigenvalue weighted by Gasteiger charge is -2.07. The molecule has 0 atom stereocenters. The number of nitrogens with zero attached hydrogens (tertiary/aromatic N) is 4. The third-order valence-corrected chi connectivity index (χ3v) is 4.12. The lowest BCUT2D eigenvalue weighted by Crippen LogP contribution is -2.14. The van der Waals surface area contributed by atoms with Gasteiger partial charge in [0.15, 0.2) is 0 Å². The molecule has 9 heteroatoms. The van der Waals surface area contributed by atoms with Crippen molar-refractivity contribution in [3.05, 3.63) is 54.3 Å². The molecular weight excluding hydrogens is 345 g/mol. The van der Waals surface area contributed by atoms with E-state index >= 15 is 0 Å². The van der Waals surface area contributed by atoms with Crippen LogP contribution in [0, 0.1) is 5.82 Å². The molecule has 0 aliphatic carbocycles. The van der Waals surface area contributed by atoms with Gasteiger partial charge in [-0.3, -0.25) is 4.79 Å². The highest BCUT2D eigenvalue weighted by Gasteiger charge is 2.12. The van der Waals surface area contributed by atoms with E-state index in [0.29, 0.717) is 22.3 Å². The maximum absolute atomic E-state index is 13.0. The molecule has 0 saturated carbocycles. The summed E-state index contributed by atoms with van der Waals surface area (Å²) >= 11 is 1.18. The Labute approximate surface area is 147 Å². The largest absolute Gasteiger partial charge is 0.497 e. The zero-order chi connectivity index (χ0) is 17.6. The lowest BCUT2D eigenvalue weighted by molar-refractivity contribution is -0.113. The van der Waals surface area contributed by atoms with Crippen LogP contribution in [-0.2, 0) is 4.79 Å². The van der Waals surface area contributed by atoms with E-state index in [1.165, 1.54) is 28.6 Å². The van der Waals surface area contributed by atoms with E-state index in [0.717, 1.165) is 0 Å². The first-order valence-electron chi connectivity index (χ1n) is 7.27. The molecule has 0 unspecified atom stereocenters. The molecule has 0 aliphatic rings. The highest BCUT2D eigenvalue weighted by Crippen LogP contribution is 2.20. The van der Waals surface area contributed by atoms with Gasteiger partial charge in [0.1, 0.15) is 11.6 Å². The Bertz CT molecular complexity index is 869. The number of amides is 1. The van der Waals surface area contributed by atoms with Crippen molar-refractivity contribution < 1.29 is 13.9 Å². The first-order valence-corrected chi connectivity index (χ1v) is 8.25. The SMILES string of the molecule is COc1cccc(NC(=O)CSc2nnnn2-c2ccc(F)cc2)c1. The number of ether oxygens (including phenoxy) is 1. The Morgan fingerprint density at radius 2 is 2.08 bits per heavy atom. The molecule has 2 aromatic carbocycles. The van der Waals surface area contributed by atoms with E-state index in [2.05, 4.69) is 20.8 Å². The molecule has 3 aromatic rings. The van der Waals surface area contributed by atoms with Crippen molar-refractivity contribution in [2.45, 2.75) is 5.16 Å². The summed E-state index contributed by atoms with van der Waals surface area (Å²) in [5.41, 5.74) is 1.25. The summed E-state index contributed by atoms with van der Waals surface area (Å²) in [6.45, 7) is 0. The summed E-state index contributed by atoms with van der Waals surface area (Å²) < 4.78 is 19.6.